The standard InChI is InChI=1S/C30H27F7O2/c1-15-3-5-17(6-4-15)20-7-19-10-25(33)22(13-28(19)38-14-20)18-8-26(34)29(27(35)9-18)30(36,37)39-21-11-23(31)16(2)24(32)12-21/h8-13,15,17,20H,3-7,14H2,1-2H3. The van der Waals surface area contributed by atoms with Crippen molar-refractivity contribution < 1.29 is 40.2 Å². The average Bonchev–Trinajstić information content (AvgIpc) is 2.86. The summed E-state index contributed by atoms with van der Waals surface area (Å²) < 4.78 is 112. The minimum atomic E-state index is -4.62. The van der Waals surface area contributed by atoms with Crippen molar-refractivity contribution in [3.63, 3.8) is 0 Å². The van der Waals surface area contributed by atoms with Crippen molar-refractivity contribution in [2.24, 2.45) is 17.8 Å². The first-order chi connectivity index (χ1) is 18.4. The van der Waals surface area contributed by atoms with E-state index in [2.05, 4.69) is 11.7 Å². The van der Waals surface area contributed by atoms with Crippen LogP contribution in [0.5, 0.6) is 11.5 Å². The van der Waals surface area contributed by atoms with E-state index in [0.29, 0.717) is 60.4 Å². The van der Waals surface area contributed by atoms with Gasteiger partial charge in [-0.3, -0.25) is 0 Å². The molecule has 0 radical (unpaired) electrons. The second-order valence-electron chi connectivity index (χ2n) is 10.7. The summed E-state index contributed by atoms with van der Waals surface area (Å²) in [5.41, 5.74) is -2.07. The minimum Gasteiger partial charge on any atom is -0.493 e. The number of halogens is 7. The summed E-state index contributed by atoms with van der Waals surface area (Å²) in [5, 5.41) is 0. The van der Waals surface area contributed by atoms with E-state index in [1.807, 2.05) is 0 Å². The maximum Gasteiger partial charge on any atom is 0.432 e. The third kappa shape index (κ3) is 5.45. The molecule has 3 aromatic carbocycles. The molecule has 1 fully saturated rings. The molecule has 1 unspecified atom stereocenters. The van der Waals surface area contributed by atoms with Crippen LogP contribution in [0.3, 0.4) is 0 Å². The first-order valence-corrected chi connectivity index (χ1v) is 12.9. The summed E-state index contributed by atoms with van der Waals surface area (Å²) in [6.45, 7) is 3.77. The van der Waals surface area contributed by atoms with Gasteiger partial charge in [0, 0.05) is 23.3 Å². The van der Waals surface area contributed by atoms with E-state index in [-0.39, 0.29) is 17.0 Å². The zero-order valence-corrected chi connectivity index (χ0v) is 21.4. The van der Waals surface area contributed by atoms with E-state index >= 15 is 4.39 Å². The van der Waals surface area contributed by atoms with Gasteiger partial charge >= 0.3 is 6.11 Å². The quantitative estimate of drug-likeness (QED) is 0.295. The fourth-order valence-corrected chi connectivity index (χ4v) is 5.59. The monoisotopic (exact) mass is 552 g/mol. The van der Waals surface area contributed by atoms with Gasteiger partial charge in [-0.2, -0.15) is 8.78 Å². The van der Waals surface area contributed by atoms with Crippen molar-refractivity contribution in [1.29, 1.82) is 0 Å². The molecular formula is C30H27F7O2. The maximum absolute atomic E-state index is 15.1. The molecule has 1 aliphatic carbocycles. The normalized spacial score (nSPS) is 21.3. The highest BCUT2D eigenvalue weighted by molar-refractivity contribution is 5.68. The molecule has 2 nitrogen and oxygen atoms in total. The second kappa shape index (κ2) is 10.4. The first kappa shape index (κ1) is 27.3. The van der Waals surface area contributed by atoms with Crippen molar-refractivity contribution in [2.75, 3.05) is 6.61 Å². The van der Waals surface area contributed by atoms with Crippen LogP contribution < -0.4 is 9.47 Å². The molecule has 1 atom stereocenters. The lowest BCUT2D eigenvalue weighted by Crippen LogP contribution is -2.30. The topological polar surface area (TPSA) is 18.5 Å². The van der Waals surface area contributed by atoms with E-state index in [9.17, 15) is 26.3 Å². The van der Waals surface area contributed by atoms with Crippen LogP contribution in [0.2, 0.25) is 0 Å². The molecule has 5 rings (SSSR count). The Morgan fingerprint density at radius 2 is 1.38 bits per heavy atom. The Bertz CT molecular complexity index is 1350. The van der Waals surface area contributed by atoms with Gasteiger partial charge in [0.2, 0.25) is 0 Å². The zero-order chi connectivity index (χ0) is 28.1. The Balaban J connectivity index is 1.40. The van der Waals surface area contributed by atoms with Crippen LogP contribution in [0.1, 0.15) is 49.3 Å². The molecule has 0 aromatic heterocycles. The van der Waals surface area contributed by atoms with Crippen molar-refractivity contribution in [2.45, 2.75) is 52.1 Å². The molecule has 2 aliphatic rings. The van der Waals surface area contributed by atoms with E-state index in [4.69, 9.17) is 4.74 Å². The number of hydrogen-bond acceptors (Lipinski definition) is 2. The molecule has 0 N–H and O–H groups in total. The summed E-state index contributed by atoms with van der Waals surface area (Å²) in [6.07, 6.45) is 0.492. The van der Waals surface area contributed by atoms with Crippen molar-refractivity contribution in [3.05, 3.63) is 82.2 Å². The summed E-state index contributed by atoms with van der Waals surface area (Å²) in [6, 6.07) is 4.68. The SMILES string of the molecule is Cc1c(F)cc(OC(F)(F)c2c(F)cc(-c3cc4c(cc3F)CC(C3CCC(C)CC3)CO4)cc2F)cc1F. The lowest BCUT2D eigenvalue weighted by Gasteiger charge is -2.35. The largest absolute Gasteiger partial charge is 0.493 e. The van der Waals surface area contributed by atoms with Crippen LogP contribution >= 0.6 is 0 Å². The summed E-state index contributed by atoms with van der Waals surface area (Å²) in [5.74, 6) is -5.66. The van der Waals surface area contributed by atoms with Crippen molar-refractivity contribution in [1.82, 2.24) is 0 Å². The minimum absolute atomic E-state index is 0.213. The molecule has 0 spiro atoms. The lowest BCUT2D eigenvalue weighted by atomic mass is 9.74. The zero-order valence-electron chi connectivity index (χ0n) is 21.4. The average molecular weight is 553 g/mol. The molecule has 1 aliphatic heterocycles. The highest BCUT2D eigenvalue weighted by atomic mass is 19.3. The Morgan fingerprint density at radius 3 is 2.00 bits per heavy atom. The predicted molar refractivity (Wildman–Crippen MR) is 131 cm³/mol. The number of alkyl halides is 2. The van der Waals surface area contributed by atoms with Gasteiger partial charge in [-0.05, 0) is 79.3 Å². The number of fused-ring (bicyclic) bond motifs is 1. The highest BCUT2D eigenvalue weighted by Gasteiger charge is 2.42. The number of benzene rings is 3. The Labute approximate surface area is 221 Å². The molecule has 39 heavy (non-hydrogen) atoms. The fourth-order valence-electron chi connectivity index (χ4n) is 5.59. The molecule has 0 amide bonds. The van der Waals surface area contributed by atoms with Crippen LogP contribution in [-0.4, -0.2) is 6.61 Å². The van der Waals surface area contributed by atoms with Crippen molar-refractivity contribution in [3.8, 4) is 22.6 Å². The molecular weight excluding hydrogens is 525 g/mol. The van der Waals surface area contributed by atoms with Crippen LogP contribution in [-0.2, 0) is 12.5 Å². The molecule has 208 valence electrons. The maximum atomic E-state index is 15.1. The molecule has 1 saturated carbocycles. The smallest absolute Gasteiger partial charge is 0.432 e. The Hall–Kier alpha value is -3.23. The summed E-state index contributed by atoms with van der Waals surface area (Å²) in [7, 11) is 0. The van der Waals surface area contributed by atoms with Gasteiger partial charge in [-0.25, -0.2) is 22.0 Å². The summed E-state index contributed by atoms with van der Waals surface area (Å²) >= 11 is 0. The molecule has 9 heteroatoms. The van der Waals surface area contributed by atoms with Gasteiger partial charge in [0.05, 0.1) is 6.61 Å². The Morgan fingerprint density at radius 1 is 0.769 bits per heavy atom. The van der Waals surface area contributed by atoms with Gasteiger partial charge in [0.25, 0.3) is 0 Å². The predicted octanol–water partition coefficient (Wildman–Crippen LogP) is 8.86. The highest BCUT2D eigenvalue weighted by Crippen LogP contribution is 2.42. The van der Waals surface area contributed by atoms with Crippen LogP contribution in [0, 0.1) is 53.8 Å². The molecule has 1 heterocycles. The lowest BCUT2D eigenvalue weighted by molar-refractivity contribution is -0.189. The Kier molecular flexibility index (Phi) is 7.29. The number of rotatable bonds is 5. The summed E-state index contributed by atoms with van der Waals surface area (Å²) in [4.78, 5) is 0. The fraction of sp³-hybridized carbons (Fsp3) is 0.400. The number of hydrogen-bond donors (Lipinski definition) is 0. The van der Waals surface area contributed by atoms with Gasteiger partial charge in [0.15, 0.2) is 0 Å². The van der Waals surface area contributed by atoms with Gasteiger partial charge < -0.3 is 9.47 Å². The molecule has 0 bridgehead atoms. The van der Waals surface area contributed by atoms with Crippen LogP contribution in [0.15, 0.2) is 36.4 Å². The molecule has 3 aromatic rings. The van der Waals surface area contributed by atoms with Crippen LogP contribution in [0.4, 0.5) is 30.7 Å². The van der Waals surface area contributed by atoms with Crippen LogP contribution in [0.25, 0.3) is 11.1 Å². The van der Waals surface area contributed by atoms with Gasteiger partial charge in [-0.1, -0.05) is 19.8 Å². The van der Waals surface area contributed by atoms with Gasteiger partial charge in [-0.15, -0.1) is 0 Å². The third-order valence-corrected chi connectivity index (χ3v) is 7.96. The number of ether oxygens (including phenoxy) is 2. The van der Waals surface area contributed by atoms with E-state index in [1.165, 1.54) is 12.1 Å². The van der Waals surface area contributed by atoms with E-state index in [0.717, 1.165) is 32.6 Å². The van der Waals surface area contributed by atoms with E-state index < -0.39 is 52.1 Å². The second-order valence-corrected chi connectivity index (χ2v) is 10.7. The first-order valence-electron chi connectivity index (χ1n) is 12.9. The van der Waals surface area contributed by atoms with Gasteiger partial charge in [0.1, 0.15) is 46.1 Å². The van der Waals surface area contributed by atoms with E-state index in [1.54, 1.807) is 0 Å². The van der Waals surface area contributed by atoms with Crippen molar-refractivity contribution >= 4 is 0 Å². The molecule has 0 saturated heterocycles. The third-order valence-electron chi connectivity index (χ3n) is 7.96.